The van der Waals surface area contributed by atoms with Crippen LogP contribution in [-0.4, -0.2) is 23.1 Å². The molecule has 0 saturated heterocycles. The molecule has 0 unspecified atom stereocenters. The Morgan fingerprint density at radius 2 is 2.14 bits per heavy atom. The molecule has 1 fully saturated rings. The summed E-state index contributed by atoms with van der Waals surface area (Å²) in [4.78, 5) is 12.0. The van der Waals surface area contributed by atoms with Crippen molar-refractivity contribution in [1.82, 2.24) is 5.32 Å². The van der Waals surface area contributed by atoms with Gasteiger partial charge in [0.15, 0.2) is 0 Å². The number of thioether (sulfide) groups is 1. The molecule has 0 aliphatic heterocycles. The molecular formula is C16H21N3OS. The maximum atomic E-state index is 12.0. The number of anilines is 1. The van der Waals surface area contributed by atoms with Gasteiger partial charge in [-0.15, -0.1) is 0 Å². The van der Waals surface area contributed by atoms with Gasteiger partial charge in [-0.2, -0.15) is 17.0 Å². The van der Waals surface area contributed by atoms with E-state index in [1.54, 1.807) is 0 Å². The summed E-state index contributed by atoms with van der Waals surface area (Å²) in [6.45, 7) is 2.16. The third-order valence-corrected chi connectivity index (χ3v) is 4.97. The molecule has 1 saturated carbocycles. The summed E-state index contributed by atoms with van der Waals surface area (Å²) in [5, 5.41) is 15.1. The molecular weight excluding hydrogens is 282 g/mol. The Hall–Kier alpha value is -1.67. The van der Waals surface area contributed by atoms with Crippen molar-refractivity contribution in [2.45, 2.75) is 43.9 Å². The number of nitrogens with zero attached hydrogens (tertiary/aromatic N) is 1. The lowest BCUT2D eigenvalue weighted by atomic mass is 10.1. The van der Waals surface area contributed by atoms with Gasteiger partial charge in [0, 0.05) is 17.0 Å². The molecule has 112 valence electrons. The molecule has 1 aromatic carbocycles. The van der Waals surface area contributed by atoms with E-state index >= 15 is 0 Å². The van der Waals surface area contributed by atoms with Crippen molar-refractivity contribution < 1.29 is 4.79 Å². The number of nitriles is 1. The van der Waals surface area contributed by atoms with Crippen molar-refractivity contribution in [2.24, 2.45) is 0 Å². The lowest BCUT2D eigenvalue weighted by Crippen LogP contribution is -2.41. The van der Waals surface area contributed by atoms with Gasteiger partial charge in [-0.05, 0) is 36.3 Å². The van der Waals surface area contributed by atoms with Crippen LogP contribution in [-0.2, 0) is 6.42 Å². The number of benzene rings is 1. The molecule has 5 heteroatoms. The zero-order valence-electron chi connectivity index (χ0n) is 12.3. The van der Waals surface area contributed by atoms with Crippen LogP contribution in [0.2, 0.25) is 0 Å². The zero-order valence-corrected chi connectivity index (χ0v) is 13.1. The highest BCUT2D eigenvalue weighted by Crippen LogP contribution is 2.29. The standard InChI is InChI=1S/C16H21N3OS/c1-2-21-15-5-3-4-14(15)19-16(20)18-13-8-6-12(7-9-13)10-11-17/h6-9,14-15H,2-5,10H2,1H3,(H2,18,19,20)/t14-,15+/m1/s1. The van der Waals surface area contributed by atoms with E-state index in [1.165, 1.54) is 12.8 Å². The number of carbonyl (C=O) groups is 1. The molecule has 1 aromatic rings. The number of carbonyl (C=O) groups excluding carboxylic acids is 1. The van der Waals surface area contributed by atoms with Crippen LogP contribution in [0, 0.1) is 11.3 Å². The van der Waals surface area contributed by atoms with Crippen molar-refractivity contribution in [2.75, 3.05) is 11.1 Å². The minimum atomic E-state index is -0.142. The normalized spacial score (nSPS) is 20.8. The van der Waals surface area contributed by atoms with Crippen LogP contribution in [0.3, 0.4) is 0 Å². The zero-order chi connectivity index (χ0) is 15.1. The summed E-state index contributed by atoms with van der Waals surface area (Å²) in [6.07, 6.45) is 3.83. The van der Waals surface area contributed by atoms with Gasteiger partial charge in [-0.25, -0.2) is 4.79 Å². The second kappa shape index (κ2) is 7.94. The minimum absolute atomic E-state index is 0.142. The summed E-state index contributed by atoms with van der Waals surface area (Å²) >= 11 is 1.93. The SMILES string of the molecule is CCS[C@H]1CCC[C@H]1NC(=O)Nc1ccc(CC#N)cc1. The summed E-state index contributed by atoms with van der Waals surface area (Å²) in [7, 11) is 0. The van der Waals surface area contributed by atoms with Gasteiger partial charge in [0.1, 0.15) is 0 Å². The Balaban J connectivity index is 1.85. The molecule has 0 bridgehead atoms. The fraction of sp³-hybridized carbons (Fsp3) is 0.500. The predicted octanol–water partition coefficient (Wildman–Crippen LogP) is 3.55. The van der Waals surface area contributed by atoms with Gasteiger partial charge in [-0.1, -0.05) is 25.5 Å². The Morgan fingerprint density at radius 1 is 1.38 bits per heavy atom. The van der Waals surface area contributed by atoms with Crippen LogP contribution >= 0.6 is 11.8 Å². The second-order valence-corrected chi connectivity index (χ2v) is 6.68. The molecule has 0 aromatic heterocycles. The predicted molar refractivity (Wildman–Crippen MR) is 87.5 cm³/mol. The van der Waals surface area contributed by atoms with Crippen molar-refractivity contribution in [1.29, 1.82) is 5.26 Å². The Kier molecular flexibility index (Phi) is 5.94. The topological polar surface area (TPSA) is 64.9 Å². The van der Waals surface area contributed by atoms with Crippen molar-refractivity contribution in [3.63, 3.8) is 0 Å². The summed E-state index contributed by atoms with van der Waals surface area (Å²) in [5.41, 5.74) is 1.71. The van der Waals surface area contributed by atoms with E-state index in [0.717, 1.165) is 23.4 Å². The Bertz CT molecular complexity index is 509. The van der Waals surface area contributed by atoms with Gasteiger partial charge in [-0.3, -0.25) is 0 Å². The Morgan fingerprint density at radius 3 is 2.81 bits per heavy atom. The van der Waals surface area contributed by atoms with Crippen LogP contribution in [0.1, 0.15) is 31.7 Å². The summed E-state index contributed by atoms with van der Waals surface area (Å²) in [6, 6.07) is 9.63. The van der Waals surface area contributed by atoms with E-state index in [-0.39, 0.29) is 12.1 Å². The minimum Gasteiger partial charge on any atom is -0.334 e. The highest BCUT2D eigenvalue weighted by atomic mass is 32.2. The second-order valence-electron chi connectivity index (χ2n) is 5.16. The molecule has 2 atom stereocenters. The van der Waals surface area contributed by atoms with E-state index in [9.17, 15) is 4.79 Å². The quantitative estimate of drug-likeness (QED) is 0.874. The highest BCUT2D eigenvalue weighted by Gasteiger charge is 2.28. The first-order valence-corrected chi connectivity index (χ1v) is 8.42. The molecule has 4 nitrogen and oxygen atoms in total. The third-order valence-electron chi connectivity index (χ3n) is 3.64. The monoisotopic (exact) mass is 303 g/mol. The molecule has 2 amide bonds. The van der Waals surface area contributed by atoms with Crippen LogP contribution in [0.25, 0.3) is 0 Å². The number of amides is 2. The van der Waals surface area contributed by atoms with Gasteiger partial charge >= 0.3 is 6.03 Å². The van der Waals surface area contributed by atoms with Gasteiger partial charge in [0.2, 0.25) is 0 Å². The van der Waals surface area contributed by atoms with Gasteiger partial charge < -0.3 is 10.6 Å². The van der Waals surface area contributed by atoms with E-state index in [0.29, 0.717) is 11.7 Å². The number of rotatable bonds is 5. The Labute approximate surface area is 130 Å². The largest absolute Gasteiger partial charge is 0.334 e. The fourth-order valence-corrected chi connectivity index (χ4v) is 3.84. The van der Waals surface area contributed by atoms with Crippen LogP contribution in [0.4, 0.5) is 10.5 Å². The average Bonchev–Trinajstić information content (AvgIpc) is 2.89. The molecule has 1 aliphatic rings. The van der Waals surface area contributed by atoms with E-state index in [4.69, 9.17) is 5.26 Å². The first-order valence-electron chi connectivity index (χ1n) is 7.38. The average molecular weight is 303 g/mol. The molecule has 0 spiro atoms. The number of nitrogens with one attached hydrogen (secondary N) is 2. The third kappa shape index (κ3) is 4.68. The van der Waals surface area contributed by atoms with E-state index in [1.807, 2.05) is 36.0 Å². The summed E-state index contributed by atoms with van der Waals surface area (Å²) in [5.74, 6) is 1.09. The lowest BCUT2D eigenvalue weighted by Gasteiger charge is -2.20. The maximum Gasteiger partial charge on any atom is 0.319 e. The van der Waals surface area contributed by atoms with E-state index < -0.39 is 0 Å². The van der Waals surface area contributed by atoms with Crippen molar-refractivity contribution in [3.8, 4) is 6.07 Å². The fourth-order valence-electron chi connectivity index (χ4n) is 2.64. The molecule has 2 N–H and O–H groups in total. The number of urea groups is 1. The molecule has 0 heterocycles. The van der Waals surface area contributed by atoms with Crippen LogP contribution in [0.5, 0.6) is 0 Å². The number of hydrogen-bond donors (Lipinski definition) is 2. The number of hydrogen-bond acceptors (Lipinski definition) is 3. The first-order chi connectivity index (χ1) is 10.2. The van der Waals surface area contributed by atoms with Gasteiger partial charge in [0.05, 0.1) is 12.5 Å². The molecule has 0 radical (unpaired) electrons. The highest BCUT2D eigenvalue weighted by molar-refractivity contribution is 7.99. The van der Waals surface area contributed by atoms with Crippen LogP contribution < -0.4 is 10.6 Å². The van der Waals surface area contributed by atoms with E-state index in [2.05, 4.69) is 23.6 Å². The maximum absolute atomic E-state index is 12.0. The molecule has 21 heavy (non-hydrogen) atoms. The first kappa shape index (κ1) is 15.7. The van der Waals surface area contributed by atoms with Crippen LogP contribution in [0.15, 0.2) is 24.3 Å². The summed E-state index contributed by atoms with van der Waals surface area (Å²) < 4.78 is 0. The molecule has 1 aliphatic carbocycles. The van der Waals surface area contributed by atoms with Crippen molar-refractivity contribution in [3.05, 3.63) is 29.8 Å². The van der Waals surface area contributed by atoms with Gasteiger partial charge in [0.25, 0.3) is 0 Å². The van der Waals surface area contributed by atoms with Crippen molar-refractivity contribution >= 4 is 23.5 Å². The smallest absolute Gasteiger partial charge is 0.319 e. The lowest BCUT2D eigenvalue weighted by molar-refractivity contribution is 0.249. The molecule has 2 rings (SSSR count).